The number of pyridine rings is 1. The normalized spacial score (nSPS) is 22.2. The minimum absolute atomic E-state index is 0.221. The topological polar surface area (TPSA) is 101 Å². The van der Waals surface area contributed by atoms with Crippen molar-refractivity contribution in [1.82, 2.24) is 4.98 Å². The number of carbonyl (C=O) groups excluding carboxylic acids is 3. The van der Waals surface area contributed by atoms with Gasteiger partial charge in [0.2, 0.25) is 5.95 Å². The van der Waals surface area contributed by atoms with Crippen molar-refractivity contribution in [2.75, 3.05) is 5.75 Å². The van der Waals surface area contributed by atoms with Crippen molar-refractivity contribution in [3.8, 4) is 16.9 Å². The third-order valence-electron chi connectivity index (χ3n) is 4.54. The number of esters is 3. The van der Waals surface area contributed by atoms with E-state index in [9.17, 15) is 18.8 Å². The highest BCUT2D eigenvalue weighted by Crippen LogP contribution is 2.37. The molecule has 0 N–H and O–H groups in total. The SMILES string of the molecule is CC(=O)O[C@@H]1[C@@H](OC(C)=O)[C@H](OC(C)=O)CS[C@H]1Oc1cc(-c2ccc(F)nc2)ccc1Cl. The molecule has 1 fully saturated rings. The van der Waals surface area contributed by atoms with Crippen LogP contribution in [0.15, 0.2) is 36.5 Å². The molecule has 176 valence electrons. The zero-order chi connectivity index (χ0) is 24.1. The molecular weight excluding hydrogens is 477 g/mol. The molecule has 33 heavy (non-hydrogen) atoms. The van der Waals surface area contributed by atoms with Gasteiger partial charge in [-0.2, -0.15) is 4.39 Å². The Morgan fingerprint density at radius 2 is 1.61 bits per heavy atom. The minimum atomic E-state index is -1.08. The van der Waals surface area contributed by atoms with Crippen LogP contribution in [0.3, 0.4) is 0 Å². The summed E-state index contributed by atoms with van der Waals surface area (Å²) in [4.78, 5) is 38.7. The molecule has 1 saturated heterocycles. The first-order valence-corrected chi connectivity index (χ1v) is 11.3. The summed E-state index contributed by atoms with van der Waals surface area (Å²) < 4.78 is 35.3. The number of thioether (sulfide) groups is 1. The fraction of sp³-hybridized carbons (Fsp3) is 0.364. The fourth-order valence-corrected chi connectivity index (χ4v) is 4.63. The first-order valence-electron chi connectivity index (χ1n) is 9.85. The molecule has 1 aliphatic rings. The Morgan fingerprint density at radius 3 is 2.21 bits per heavy atom. The number of carbonyl (C=O) groups is 3. The predicted octanol–water partition coefficient (Wildman–Crippen LogP) is 3.79. The maximum Gasteiger partial charge on any atom is 0.303 e. The van der Waals surface area contributed by atoms with E-state index in [1.807, 2.05) is 0 Å². The van der Waals surface area contributed by atoms with Crippen LogP contribution in [-0.2, 0) is 28.6 Å². The lowest BCUT2D eigenvalue weighted by Gasteiger charge is -2.40. The van der Waals surface area contributed by atoms with E-state index in [0.717, 1.165) is 0 Å². The third-order valence-corrected chi connectivity index (χ3v) is 6.07. The summed E-state index contributed by atoms with van der Waals surface area (Å²) in [7, 11) is 0. The molecule has 0 aliphatic carbocycles. The Balaban J connectivity index is 1.91. The maximum absolute atomic E-state index is 13.2. The third kappa shape index (κ3) is 6.58. The molecular formula is C22H21ClFNO7S. The average molecular weight is 498 g/mol. The van der Waals surface area contributed by atoms with Crippen LogP contribution in [-0.4, -0.2) is 52.4 Å². The standard InChI is InChI=1S/C22H21ClFNO7S/c1-11(26)29-18-10-33-22(21(31-13(3)28)20(18)30-12(2)27)32-17-8-14(4-6-16(17)23)15-5-7-19(24)25-9-15/h4-9,18,20-22H,10H2,1-3H3/t18-,20+,21-,22-/m1/s1. The van der Waals surface area contributed by atoms with Gasteiger partial charge in [0.25, 0.3) is 0 Å². The van der Waals surface area contributed by atoms with E-state index in [0.29, 0.717) is 11.1 Å². The average Bonchev–Trinajstić information content (AvgIpc) is 2.73. The Morgan fingerprint density at radius 1 is 0.970 bits per heavy atom. The van der Waals surface area contributed by atoms with Gasteiger partial charge in [0.1, 0.15) is 5.75 Å². The van der Waals surface area contributed by atoms with Gasteiger partial charge in [-0.3, -0.25) is 14.4 Å². The zero-order valence-corrected chi connectivity index (χ0v) is 19.5. The number of ether oxygens (including phenoxy) is 4. The molecule has 3 rings (SSSR count). The van der Waals surface area contributed by atoms with Gasteiger partial charge in [-0.05, 0) is 29.8 Å². The van der Waals surface area contributed by atoms with Crippen LogP contribution in [0.2, 0.25) is 5.02 Å². The highest BCUT2D eigenvalue weighted by atomic mass is 35.5. The molecule has 1 aromatic carbocycles. The fourth-order valence-electron chi connectivity index (χ4n) is 3.25. The largest absolute Gasteiger partial charge is 0.474 e. The lowest BCUT2D eigenvalue weighted by atomic mass is 10.1. The number of benzene rings is 1. The summed E-state index contributed by atoms with van der Waals surface area (Å²) in [6, 6.07) is 7.76. The van der Waals surface area contributed by atoms with E-state index >= 15 is 0 Å². The Hall–Kier alpha value is -2.85. The van der Waals surface area contributed by atoms with Crippen molar-refractivity contribution in [2.45, 2.75) is 44.5 Å². The summed E-state index contributed by atoms with van der Waals surface area (Å²) >= 11 is 7.54. The molecule has 1 aliphatic heterocycles. The van der Waals surface area contributed by atoms with Crippen molar-refractivity contribution in [3.05, 3.63) is 47.5 Å². The van der Waals surface area contributed by atoms with Gasteiger partial charge in [0, 0.05) is 38.3 Å². The second kappa shape index (κ2) is 10.8. The number of halogens is 2. The molecule has 8 nitrogen and oxygen atoms in total. The second-order valence-corrected chi connectivity index (χ2v) is 8.67. The van der Waals surface area contributed by atoms with Crippen LogP contribution in [0.5, 0.6) is 5.75 Å². The maximum atomic E-state index is 13.2. The molecule has 1 aromatic heterocycles. The molecule has 2 aromatic rings. The quantitative estimate of drug-likeness (QED) is 0.335. The Labute approximate surface area is 198 Å². The van der Waals surface area contributed by atoms with Crippen LogP contribution < -0.4 is 4.74 Å². The molecule has 0 saturated carbocycles. The van der Waals surface area contributed by atoms with Gasteiger partial charge >= 0.3 is 17.9 Å². The van der Waals surface area contributed by atoms with E-state index in [4.69, 9.17) is 30.5 Å². The van der Waals surface area contributed by atoms with E-state index in [1.165, 1.54) is 44.8 Å². The number of hydrogen-bond donors (Lipinski definition) is 0. The van der Waals surface area contributed by atoms with Crippen LogP contribution in [0, 0.1) is 5.95 Å². The van der Waals surface area contributed by atoms with Crippen molar-refractivity contribution >= 4 is 41.3 Å². The summed E-state index contributed by atoms with van der Waals surface area (Å²) in [5.41, 5.74) is 0.476. The molecule has 0 bridgehead atoms. The van der Waals surface area contributed by atoms with E-state index in [1.54, 1.807) is 24.3 Å². The molecule has 0 radical (unpaired) electrons. The number of aromatic nitrogens is 1. The van der Waals surface area contributed by atoms with Crippen LogP contribution in [0.4, 0.5) is 4.39 Å². The number of rotatable bonds is 6. The van der Waals surface area contributed by atoms with Gasteiger partial charge in [0.15, 0.2) is 23.7 Å². The Bertz CT molecular complexity index is 1040. The van der Waals surface area contributed by atoms with Gasteiger partial charge in [-0.25, -0.2) is 4.98 Å². The van der Waals surface area contributed by atoms with Crippen molar-refractivity contribution in [3.63, 3.8) is 0 Å². The van der Waals surface area contributed by atoms with E-state index in [-0.39, 0.29) is 16.5 Å². The summed E-state index contributed by atoms with van der Waals surface area (Å²) in [5.74, 6) is -1.95. The van der Waals surface area contributed by atoms with Crippen molar-refractivity contribution in [1.29, 1.82) is 0 Å². The number of hydrogen-bond acceptors (Lipinski definition) is 9. The monoisotopic (exact) mass is 497 g/mol. The highest BCUT2D eigenvalue weighted by Gasteiger charge is 2.47. The second-order valence-electron chi connectivity index (χ2n) is 7.13. The van der Waals surface area contributed by atoms with Crippen LogP contribution in [0.25, 0.3) is 11.1 Å². The lowest BCUT2D eigenvalue weighted by molar-refractivity contribution is -0.186. The summed E-state index contributed by atoms with van der Waals surface area (Å²) in [6.45, 7) is 3.63. The van der Waals surface area contributed by atoms with Crippen molar-refractivity contribution < 1.29 is 37.7 Å². The molecule has 2 heterocycles. The summed E-state index contributed by atoms with van der Waals surface area (Å²) in [6.07, 6.45) is -1.63. The molecule has 0 amide bonds. The molecule has 0 unspecified atom stereocenters. The van der Waals surface area contributed by atoms with Crippen molar-refractivity contribution in [2.24, 2.45) is 0 Å². The molecule has 0 spiro atoms. The van der Waals surface area contributed by atoms with Gasteiger partial charge in [-0.1, -0.05) is 17.7 Å². The molecule has 4 atom stereocenters. The summed E-state index contributed by atoms with van der Waals surface area (Å²) in [5, 5.41) is 0.280. The van der Waals surface area contributed by atoms with E-state index in [2.05, 4.69) is 4.98 Å². The lowest BCUT2D eigenvalue weighted by Crippen LogP contribution is -2.55. The zero-order valence-electron chi connectivity index (χ0n) is 17.9. The van der Waals surface area contributed by atoms with Crippen LogP contribution >= 0.6 is 23.4 Å². The highest BCUT2D eigenvalue weighted by molar-refractivity contribution is 7.99. The van der Waals surface area contributed by atoms with Gasteiger partial charge < -0.3 is 18.9 Å². The molecule has 11 heteroatoms. The first kappa shape index (κ1) is 24.8. The van der Waals surface area contributed by atoms with Gasteiger partial charge in [-0.15, -0.1) is 11.8 Å². The predicted molar refractivity (Wildman–Crippen MR) is 118 cm³/mol. The van der Waals surface area contributed by atoms with Gasteiger partial charge in [0.05, 0.1) is 5.02 Å². The van der Waals surface area contributed by atoms with E-state index < -0.39 is 47.6 Å². The Kier molecular flexibility index (Phi) is 8.15. The first-order chi connectivity index (χ1) is 15.6. The smallest absolute Gasteiger partial charge is 0.303 e. The minimum Gasteiger partial charge on any atom is -0.474 e. The van der Waals surface area contributed by atoms with Crippen LogP contribution in [0.1, 0.15) is 20.8 Å². The number of nitrogens with zero attached hydrogens (tertiary/aromatic N) is 1.